The van der Waals surface area contributed by atoms with E-state index in [1.807, 2.05) is 0 Å². The summed E-state index contributed by atoms with van der Waals surface area (Å²) in [5.41, 5.74) is -0.603. The van der Waals surface area contributed by atoms with Gasteiger partial charge in [0.25, 0.3) is 5.56 Å². The molecule has 0 amide bonds. The van der Waals surface area contributed by atoms with E-state index in [-0.39, 0.29) is 5.04 Å². The van der Waals surface area contributed by atoms with Crippen LogP contribution in [0.4, 0.5) is 0 Å². The van der Waals surface area contributed by atoms with Crippen molar-refractivity contribution in [3.05, 3.63) is 32.6 Å². The van der Waals surface area contributed by atoms with Crippen LogP contribution in [0.1, 0.15) is 39.0 Å². The summed E-state index contributed by atoms with van der Waals surface area (Å²) in [4.78, 5) is 26.1. The second kappa shape index (κ2) is 7.04. The van der Waals surface area contributed by atoms with Crippen molar-refractivity contribution in [3.63, 3.8) is 0 Å². The van der Waals surface area contributed by atoms with Crippen molar-refractivity contribution in [1.82, 2.24) is 9.55 Å². The quantitative estimate of drug-likeness (QED) is 0.743. The molecule has 1 aliphatic rings. The van der Waals surface area contributed by atoms with Crippen molar-refractivity contribution in [2.75, 3.05) is 13.7 Å². The maximum atomic E-state index is 12.2. The molecule has 0 bridgehead atoms. The zero-order chi connectivity index (χ0) is 19.9. The molecule has 0 radical (unpaired) electrons. The largest absolute Gasteiger partial charge is 0.408 e. The summed E-state index contributed by atoms with van der Waals surface area (Å²) in [5, 5.41) is 9.92. The molecule has 2 N–H and O–H groups in total. The number of nitrogens with one attached hydrogen (secondary N) is 1. The highest BCUT2D eigenvalue weighted by Crippen LogP contribution is 2.44. The summed E-state index contributed by atoms with van der Waals surface area (Å²) < 4.78 is 19.2. The fourth-order valence-electron chi connectivity index (χ4n) is 2.74. The van der Waals surface area contributed by atoms with Crippen LogP contribution in [-0.2, 0) is 13.9 Å². The lowest BCUT2D eigenvalue weighted by atomic mass is 10.1. The average molecular weight is 387 g/mol. The number of aryl methyl sites for hydroxylation is 1. The second-order valence-corrected chi connectivity index (χ2v) is 13.1. The number of methoxy groups -OCH3 is 1. The van der Waals surface area contributed by atoms with Crippen molar-refractivity contribution >= 4 is 8.32 Å². The highest BCUT2D eigenvalue weighted by molar-refractivity contribution is 6.74. The van der Waals surface area contributed by atoms with Gasteiger partial charge in [-0.2, -0.15) is 0 Å². The molecule has 0 aliphatic carbocycles. The topological polar surface area (TPSA) is 103 Å². The first-order chi connectivity index (χ1) is 11.9. The van der Waals surface area contributed by atoms with Crippen molar-refractivity contribution in [2.45, 2.75) is 70.4 Å². The SMILES string of the molecule is CO[C@]1(CO)O[C@@H](n2cc(C)c(=O)[nH]c2=O)C[C@@H]1O[Si](C)(C)C(C)(C)C. The fourth-order valence-corrected chi connectivity index (χ4v) is 4.08. The van der Waals surface area contributed by atoms with E-state index in [1.165, 1.54) is 17.9 Å². The number of ether oxygens (including phenoxy) is 2. The average Bonchev–Trinajstić information content (AvgIpc) is 2.88. The summed E-state index contributed by atoms with van der Waals surface area (Å²) in [5.74, 6) is -1.36. The van der Waals surface area contributed by atoms with Crippen LogP contribution in [0, 0.1) is 6.92 Å². The highest BCUT2D eigenvalue weighted by Gasteiger charge is 2.54. The van der Waals surface area contributed by atoms with Gasteiger partial charge in [0.05, 0.1) is 6.61 Å². The Morgan fingerprint density at radius 2 is 2.04 bits per heavy atom. The van der Waals surface area contributed by atoms with Gasteiger partial charge in [-0.15, -0.1) is 0 Å². The van der Waals surface area contributed by atoms with Crippen molar-refractivity contribution in [1.29, 1.82) is 0 Å². The van der Waals surface area contributed by atoms with E-state index in [0.29, 0.717) is 12.0 Å². The third kappa shape index (κ3) is 3.72. The molecule has 9 heteroatoms. The number of hydrogen-bond acceptors (Lipinski definition) is 6. The first kappa shape index (κ1) is 21.0. The minimum Gasteiger partial charge on any atom is -0.408 e. The van der Waals surface area contributed by atoms with Gasteiger partial charge in [0.15, 0.2) is 8.32 Å². The number of nitrogens with zero attached hydrogens (tertiary/aromatic N) is 1. The van der Waals surface area contributed by atoms with E-state index in [0.717, 1.165) is 0 Å². The van der Waals surface area contributed by atoms with E-state index in [2.05, 4.69) is 38.8 Å². The molecule has 148 valence electrons. The molecule has 0 spiro atoms. The Morgan fingerprint density at radius 1 is 1.42 bits per heavy atom. The molecule has 1 aromatic rings. The molecule has 3 atom stereocenters. The molecule has 1 aromatic heterocycles. The van der Waals surface area contributed by atoms with Crippen LogP contribution in [0.15, 0.2) is 15.8 Å². The van der Waals surface area contributed by atoms with Crippen LogP contribution in [0.25, 0.3) is 0 Å². The number of aliphatic hydroxyl groups is 1. The number of aromatic amines is 1. The number of rotatable bonds is 5. The zero-order valence-electron chi connectivity index (χ0n) is 16.6. The van der Waals surface area contributed by atoms with Crippen molar-refractivity contribution < 1.29 is 19.0 Å². The summed E-state index contributed by atoms with van der Waals surface area (Å²) in [6.45, 7) is 11.8. The number of H-pyrrole nitrogens is 1. The summed E-state index contributed by atoms with van der Waals surface area (Å²) in [6, 6.07) is 0. The molecule has 8 nitrogen and oxygen atoms in total. The van der Waals surface area contributed by atoms with Gasteiger partial charge in [0, 0.05) is 25.3 Å². The van der Waals surface area contributed by atoms with E-state index in [9.17, 15) is 14.7 Å². The van der Waals surface area contributed by atoms with Crippen LogP contribution in [-0.4, -0.2) is 48.6 Å². The number of aromatic nitrogens is 2. The van der Waals surface area contributed by atoms with Gasteiger partial charge in [-0.3, -0.25) is 14.3 Å². The lowest BCUT2D eigenvalue weighted by Gasteiger charge is -2.41. The Hall–Kier alpha value is -1.26. The molecule has 1 aliphatic heterocycles. The van der Waals surface area contributed by atoms with E-state index in [1.54, 1.807) is 6.92 Å². The fraction of sp³-hybridized carbons (Fsp3) is 0.765. The van der Waals surface area contributed by atoms with Crippen LogP contribution < -0.4 is 11.2 Å². The molecule has 0 aromatic carbocycles. The number of aliphatic hydroxyl groups excluding tert-OH is 1. The highest BCUT2D eigenvalue weighted by atomic mass is 28.4. The lowest BCUT2D eigenvalue weighted by Crippen LogP contribution is -2.53. The maximum absolute atomic E-state index is 12.2. The normalized spacial score (nSPS) is 27.1. The second-order valence-electron chi connectivity index (χ2n) is 8.33. The van der Waals surface area contributed by atoms with Crippen LogP contribution >= 0.6 is 0 Å². The minimum absolute atomic E-state index is 0.0363. The molecule has 0 unspecified atom stereocenters. The molecule has 2 rings (SSSR count). The summed E-state index contributed by atoms with van der Waals surface area (Å²) >= 11 is 0. The summed E-state index contributed by atoms with van der Waals surface area (Å²) in [7, 11) is -0.726. The van der Waals surface area contributed by atoms with Gasteiger partial charge in [0.1, 0.15) is 12.3 Å². The van der Waals surface area contributed by atoms with E-state index in [4.69, 9.17) is 13.9 Å². The van der Waals surface area contributed by atoms with E-state index < -0.39 is 44.3 Å². The first-order valence-electron chi connectivity index (χ1n) is 8.70. The van der Waals surface area contributed by atoms with Gasteiger partial charge in [0.2, 0.25) is 5.79 Å². The zero-order valence-corrected chi connectivity index (χ0v) is 17.6. The van der Waals surface area contributed by atoms with Crippen molar-refractivity contribution in [3.8, 4) is 0 Å². The molecule has 2 heterocycles. The van der Waals surface area contributed by atoms with Gasteiger partial charge >= 0.3 is 5.69 Å². The van der Waals surface area contributed by atoms with Crippen LogP contribution in [0.5, 0.6) is 0 Å². The van der Waals surface area contributed by atoms with E-state index >= 15 is 0 Å². The van der Waals surface area contributed by atoms with Gasteiger partial charge in [-0.05, 0) is 25.1 Å². The Kier molecular flexibility index (Phi) is 5.70. The predicted molar refractivity (Wildman–Crippen MR) is 99.7 cm³/mol. The van der Waals surface area contributed by atoms with Gasteiger partial charge in [-0.25, -0.2) is 4.79 Å². The third-order valence-corrected chi connectivity index (χ3v) is 9.99. The molecule has 1 saturated heterocycles. The third-order valence-electron chi connectivity index (χ3n) is 5.51. The Morgan fingerprint density at radius 3 is 2.54 bits per heavy atom. The summed E-state index contributed by atoms with van der Waals surface area (Å²) in [6.07, 6.45) is 0.535. The van der Waals surface area contributed by atoms with Crippen molar-refractivity contribution in [2.24, 2.45) is 0 Å². The first-order valence-corrected chi connectivity index (χ1v) is 11.6. The number of hydrogen-bond donors (Lipinski definition) is 2. The Bertz CT molecular complexity index is 760. The smallest absolute Gasteiger partial charge is 0.330 e. The lowest BCUT2D eigenvalue weighted by molar-refractivity contribution is -0.267. The minimum atomic E-state index is -2.17. The predicted octanol–water partition coefficient (Wildman–Crippen LogP) is 1.49. The monoisotopic (exact) mass is 386 g/mol. The molecule has 26 heavy (non-hydrogen) atoms. The Balaban J connectivity index is 2.40. The maximum Gasteiger partial charge on any atom is 0.330 e. The van der Waals surface area contributed by atoms with Crippen LogP contribution in [0.3, 0.4) is 0 Å². The van der Waals surface area contributed by atoms with Crippen LogP contribution in [0.2, 0.25) is 18.1 Å². The molecular formula is C17H30N2O6Si. The van der Waals surface area contributed by atoms with Gasteiger partial charge in [-0.1, -0.05) is 20.8 Å². The molecule has 1 fully saturated rings. The molecule has 0 saturated carbocycles. The molecular weight excluding hydrogens is 356 g/mol. The standard InChI is InChI=1S/C17H30N2O6Si/c1-11-9-19(15(22)18-14(11)21)13-8-12(17(10-20,23-5)24-13)25-26(6,7)16(2,3)4/h9,12-13,20H,8,10H2,1-7H3,(H,18,21,22)/t12-,13+,17+/m0/s1. The Labute approximate surface area is 154 Å². The van der Waals surface area contributed by atoms with Gasteiger partial charge < -0.3 is 19.0 Å².